The SMILES string of the molecule is COc1ccc2c(c1)[nH]c1c(=O)n(/N=C\c3ccc(N4N=C(c5ccccc5)C[C@H]4c4ccccc4)cc3)cnc12. The van der Waals surface area contributed by atoms with Gasteiger partial charge in [-0.2, -0.15) is 14.9 Å². The number of hydrogen-bond acceptors (Lipinski definition) is 6. The van der Waals surface area contributed by atoms with Gasteiger partial charge in [0, 0.05) is 17.9 Å². The first-order valence-corrected chi connectivity index (χ1v) is 13.4. The molecule has 0 aliphatic carbocycles. The van der Waals surface area contributed by atoms with Gasteiger partial charge in [0.15, 0.2) is 0 Å². The molecule has 0 saturated carbocycles. The Bertz CT molecular complexity index is 1980. The second kappa shape index (κ2) is 10.2. The summed E-state index contributed by atoms with van der Waals surface area (Å²) in [6, 6.07) is 34.5. The highest BCUT2D eigenvalue weighted by Gasteiger charge is 2.29. The lowest BCUT2D eigenvalue weighted by Gasteiger charge is -2.24. The third-order valence-corrected chi connectivity index (χ3v) is 7.39. The molecular formula is C33H26N6O2. The summed E-state index contributed by atoms with van der Waals surface area (Å²) in [5, 5.41) is 12.4. The molecule has 0 unspecified atom stereocenters. The minimum Gasteiger partial charge on any atom is -0.497 e. The lowest BCUT2D eigenvalue weighted by molar-refractivity contribution is 0.415. The van der Waals surface area contributed by atoms with E-state index >= 15 is 0 Å². The van der Waals surface area contributed by atoms with Gasteiger partial charge >= 0.3 is 0 Å². The zero-order valence-corrected chi connectivity index (χ0v) is 22.3. The predicted octanol–water partition coefficient (Wildman–Crippen LogP) is 6.12. The van der Waals surface area contributed by atoms with Gasteiger partial charge in [0.25, 0.3) is 5.56 Å². The largest absolute Gasteiger partial charge is 0.497 e. The number of rotatable bonds is 6. The molecule has 3 heterocycles. The maximum absolute atomic E-state index is 13.1. The molecule has 41 heavy (non-hydrogen) atoms. The Kier molecular flexibility index (Phi) is 6.13. The van der Waals surface area contributed by atoms with Crippen LogP contribution in [0.5, 0.6) is 5.75 Å². The van der Waals surface area contributed by atoms with E-state index in [4.69, 9.17) is 9.84 Å². The maximum Gasteiger partial charge on any atom is 0.298 e. The molecule has 6 aromatic rings. The van der Waals surface area contributed by atoms with Crippen molar-refractivity contribution in [3.8, 4) is 5.75 Å². The van der Waals surface area contributed by atoms with Gasteiger partial charge in [-0.05, 0) is 41.0 Å². The summed E-state index contributed by atoms with van der Waals surface area (Å²) in [5.41, 5.74) is 6.76. The van der Waals surface area contributed by atoms with Gasteiger partial charge in [0.05, 0.1) is 36.3 Å². The molecular weight excluding hydrogens is 512 g/mol. The summed E-state index contributed by atoms with van der Waals surface area (Å²) in [6.45, 7) is 0. The molecule has 0 fully saturated rings. The van der Waals surface area contributed by atoms with Crippen molar-refractivity contribution < 1.29 is 4.74 Å². The molecule has 0 amide bonds. The van der Waals surface area contributed by atoms with Crippen LogP contribution >= 0.6 is 0 Å². The number of H-pyrrole nitrogens is 1. The van der Waals surface area contributed by atoms with E-state index < -0.39 is 0 Å². The van der Waals surface area contributed by atoms with Gasteiger partial charge in [0.2, 0.25) is 0 Å². The van der Waals surface area contributed by atoms with E-state index in [0.717, 1.165) is 39.8 Å². The molecule has 0 bridgehead atoms. The van der Waals surface area contributed by atoms with E-state index in [1.165, 1.54) is 16.6 Å². The highest BCUT2D eigenvalue weighted by molar-refractivity contribution is 6.05. The van der Waals surface area contributed by atoms with Gasteiger partial charge < -0.3 is 9.72 Å². The number of fused-ring (bicyclic) bond motifs is 3. The van der Waals surface area contributed by atoms with Crippen molar-refractivity contribution in [2.45, 2.75) is 12.5 Å². The highest BCUT2D eigenvalue weighted by atomic mass is 16.5. The minimum atomic E-state index is -0.274. The number of nitrogens with zero attached hydrogens (tertiary/aromatic N) is 5. The number of aromatic nitrogens is 3. The van der Waals surface area contributed by atoms with Gasteiger partial charge in [0.1, 0.15) is 23.1 Å². The van der Waals surface area contributed by atoms with E-state index in [1.807, 2.05) is 66.7 Å². The molecule has 1 aliphatic heterocycles. The van der Waals surface area contributed by atoms with Crippen LogP contribution in [-0.4, -0.2) is 33.7 Å². The van der Waals surface area contributed by atoms with Crippen molar-refractivity contribution in [2.24, 2.45) is 10.2 Å². The quantitative estimate of drug-likeness (QED) is 0.259. The van der Waals surface area contributed by atoms with E-state index in [1.54, 1.807) is 13.3 Å². The van der Waals surface area contributed by atoms with E-state index in [0.29, 0.717) is 16.8 Å². The zero-order chi connectivity index (χ0) is 27.8. The summed E-state index contributed by atoms with van der Waals surface area (Å²) < 4.78 is 6.54. The Balaban J connectivity index is 1.17. The number of nitrogens with one attached hydrogen (secondary N) is 1. The number of ether oxygens (including phenoxy) is 1. The molecule has 1 N–H and O–H groups in total. The van der Waals surface area contributed by atoms with Crippen LogP contribution in [0.2, 0.25) is 0 Å². The summed E-state index contributed by atoms with van der Waals surface area (Å²) in [6.07, 6.45) is 3.92. The summed E-state index contributed by atoms with van der Waals surface area (Å²) >= 11 is 0. The molecule has 2 aromatic heterocycles. The molecule has 200 valence electrons. The summed E-state index contributed by atoms with van der Waals surface area (Å²) in [5.74, 6) is 0.705. The first kappa shape index (κ1) is 24.5. The van der Waals surface area contributed by atoms with Gasteiger partial charge in [-0.1, -0.05) is 72.8 Å². The average Bonchev–Trinajstić information content (AvgIpc) is 3.64. The Morgan fingerprint density at radius 2 is 1.71 bits per heavy atom. The van der Waals surface area contributed by atoms with Crippen molar-refractivity contribution in [1.82, 2.24) is 14.6 Å². The van der Waals surface area contributed by atoms with Crippen LogP contribution in [0.25, 0.3) is 21.9 Å². The molecule has 1 atom stereocenters. The topological polar surface area (TPSA) is 87.9 Å². The number of methoxy groups -OCH3 is 1. The van der Waals surface area contributed by atoms with Crippen LogP contribution in [0.4, 0.5) is 5.69 Å². The van der Waals surface area contributed by atoms with Crippen molar-refractivity contribution in [3.05, 3.63) is 136 Å². The van der Waals surface area contributed by atoms with Crippen molar-refractivity contribution in [1.29, 1.82) is 0 Å². The summed E-state index contributed by atoms with van der Waals surface area (Å²) in [4.78, 5) is 20.8. The Labute approximate surface area is 235 Å². The maximum atomic E-state index is 13.1. The third kappa shape index (κ3) is 4.55. The monoisotopic (exact) mass is 538 g/mol. The first-order valence-electron chi connectivity index (χ1n) is 13.4. The molecule has 0 saturated heterocycles. The van der Waals surface area contributed by atoms with Crippen molar-refractivity contribution in [2.75, 3.05) is 12.1 Å². The second-order valence-electron chi connectivity index (χ2n) is 9.88. The van der Waals surface area contributed by atoms with Crippen molar-refractivity contribution >= 4 is 39.5 Å². The van der Waals surface area contributed by atoms with Gasteiger partial charge in [-0.3, -0.25) is 9.80 Å². The fraction of sp³-hybridized carbons (Fsp3) is 0.0909. The Hall–Kier alpha value is -5.50. The molecule has 1 aliphatic rings. The Morgan fingerprint density at radius 3 is 2.46 bits per heavy atom. The number of hydrazone groups is 1. The molecule has 7 rings (SSSR count). The van der Waals surface area contributed by atoms with Gasteiger partial charge in [-0.25, -0.2) is 4.98 Å². The Morgan fingerprint density at radius 1 is 0.951 bits per heavy atom. The number of benzene rings is 4. The van der Waals surface area contributed by atoms with Crippen molar-refractivity contribution in [3.63, 3.8) is 0 Å². The normalized spacial score (nSPS) is 15.2. The lowest BCUT2D eigenvalue weighted by Crippen LogP contribution is -2.18. The van der Waals surface area contributed by atoms with E-state index in [-0.39, 0.29) is 11.6 Å². The molecule has 8 nitrogen and oxygen atoms in total. The average molecular weight is 539 g/mol. The van der Waals surface area contributed by atoms with Crippen LogP contribution in [0.3, 0.4) is 0 Å². The van der Waals surface area contributed by atoms with Crippen LogP contribution in [-0.2, 0) is 0 Å². The molecule has 0 radical (unpaired) electrons. The smallest absolute Gasteiger partial charge is 0.298 e. The van der Waals surface area contributed by atoms with Crippen LogP contribution in [0, 0.1) is 0 Å². The fourth-order valence-electron chi connectivity index (χ4n) is 5.27. The molecule has 8 heteroatoms. The van der Waals surface area contributed by atoms with Crippen LogP contribution < -0.4 is 15.3 Å². The first-order chi connectivity index (χ1) is 20.2. The zero-order valence-electron chi connectivity index (χ0n) is 22.3. The lowest BCUT2D eigenvalue weighted by atomic mass is 9.98. The van der Waals surface area contributed by atoms with E-state index in [2.05, 4.69) is 56.5 Å². The second-order valence-corrected chi connectivity index (χ2v) is 9.88. The van der Waals surface area contributed by atoms with Crippen LogP contribution in [0.1, 0.15) is 29.2 Å². The number of anilines is 1. The number of hydrogen-bond donors (Lipinski definition) is 1. The minimum absolute atomic E-state index is 0.0959. The van der Waals surface area contributed by atoms with Gasteiger partial charge in [-0.15, -0.1) is 0 Å². The summed E-state index contributed by atoms with van der Waals surface area (Å²) in [7, 11) is 1.61. The standard InChI is InChI=1S/C33H26N6O2/c1-41-26-16-17-27-29(18-26)36-32-31(27)34-21-38(33(32)40)35-20-22-12-14-25(15-13-22)39-30(24-10-6-3-7-11-24)19-28(37-39)23-8-4-2-5-9-23/h2-18,20-21,30,36H,19H2,1H3/b35-20-/t30-/m0/s1. The third-order valence-electron chi connectivity index (χ3n) is 7.39. The van der Waals surface area contributed by atoms with E-state index in [9.17, 15) is 4.79 Å². The fourth-order valence-corrected chi connectivity index (χ4v) is 5.27. The predicted molar refractivity (Wildman–Crippen MR) is 163 cm³/mol. The van der Waals surface area contributed by atoms with Crippen LogP contribution in [0.15, 0.2) is 124 Å². The number of aromatic amines is 1. The molecule has 0 spiro atoms. The molecule has 4 aromatic carbocycles. The highest BCUT2D eigenvalue weighted by Crippen LogP contribution is 2.36.